The summed E-state index contributed by atoms with van der Waals surface area (Å²) < 4.78 is 11.2. The van der Waals surface area contributed by atoms with E-state index in [1.165, 1.54) is 83.7 Å². The Labute approximate surface area is 246 Å². The van der Waals surface area contributed by atoms with E-state index in [2.05, 4.69) is 30.7 Å². The van der Waals surface area contributed by atoms with E-state index in [4.69, 9.17) is 20.5 Å². The van der Waals surface area contributed by atoms with Gasteiger partial charge in [-0.25, -0.2) is 0 Å². The summed E-state index contributed by atoms with van der Waals surface area (Å²) in [6, 6.07) is 2.58. The first-order valence-electron chi connectivity index (χ1n) is 16.1. The number of nitrogens with one attached hydrogen (secondary N) is 3. The minimum atomic E-state index is -3.96. The molecule has 0 bridgehead atoms. The van der Waals surface area contributed by atoms with Gasteiger partial charge >= 0.3 is 7.60 Å². The first-order valence-corrected chi connectivity index (χ1v) is 17.9. The molecule has 11 nitrogen and oxygen atoms in total. The maximum Gasteiger partial charge on any atom is 0.326 e. The Morgan fingerprint density at radius 1 is 0.927 bits per heavy atom. The highest BCUT2D eigenvalue weighted by Crippen LogP contribution is 2.44. The van der Waals surface area contributed by atoms with E-state index < -0.39 is 7.60 Å². The van der Waals surface area contributed by atoms with Crippen LogP contribution in [0.3, 0.4) is 0 Å². The van der Waals surface area contributed by atoms with Gasteiger partial charge in [0.15, 0.2) is 0 Å². The Hall–Kier alpha value is -1.49. The number of nitrogen functional groups attached to an aromatic ring is 1. The molecule has 1 aromatic heterocycles. The summed E-state index contributed by atoms with van der Waals surface area (Å²) >= 11 is 0. The van der Waals surface area contributed by atoms with Gasteiger partial charge in [-0.05, 0) is 75.2 Å². The number of aromatic nitrogens is 2. The molecule has 3 aliphatic carbocycles. The van der Waals surface area contributed by atoms with Crippen molar-refractivity contribution < 1.29 is 14.4 Å². The molecule has 0 spiro atoms. The highest BCUT2D eigenvalue weighted by Gasteiger charge is 2.42. The van der Waals surface area contributed by atoms with Crippen LogP contribution in [0.15, 0.2) is 6.07 Å². The summed E-state index contributed by atoms with van der Waals surface area (Å²) in [5.41, 5.74) is 6.65. The van der Waals surface area contributed by atoms with E-state index in [0.717, 1.165) is 57.0 Å². The van der Waals surface area contributed by atoms with Crippen LogP contribution in [0, 0.1) is 17.3 Å². The third-order valence-corrected chi connectivity index (χ3v) is 10.7. The van der Waals surface area contributed by atoms with Crippen molar-refractivity contribution in [1.29, 1.82) is 0 Å². The maximum absolute atomic E-state index is 11.2. The fourth-order valence-corrected chi connectivity index (χ4v) is 7.39. The van der Waals surface area contributed by atoms with Crippen molar-refractivity contribution in [2.75, 3.05) is 81.0 Å². The van der Waals surface area contributed by atoms with Crippen LogP contribution in [0.25, 0.3) is 0 Å². The Morgan fingerprint density at radius 3 is 2.27 bits per heavy atom. The number of piperazine rings is 1. The van der Waals surface area contributed by atoms with Gasteiger partial charge in [0, 0.05) is 64.5 Å². The first kappa shape index (κ1) is 31.0. The van der Waals surface area contributed by atoms with Crippen LogP contribution >= 0.6 is 7.60 Å². The van der Waals surface area contributed by atoms with E-state index >= 15 is 0 Å². The van der Waals surface area contributed by atoms with Gasteiger partial charge in [0.05, 0.1) is 6.16 Å². The highest BCUT2D eigenvalue weighted by molar-refractivity contribution is 7.51. The third kappa shape index (κ3) is 10.0. The molecule has 1 aromatic rings. The zero-order valence-electron chi connectivity index (χ0n) is 24.8. The third-order valence-electron chi connectivity index (χ3n) is 9.91. The molecule has 2 heterocycles. The number of hydrogen-bond donors (Lipinski definition) is 6. The van der Waals surface area contributed by atoms with Crippen LogP contribution in [0.1, 0.15) is 70.6 Å². The van der Waals surface area contributed by atoms with Crippen molar-refractivity contribution in [3.8, 4) is 0 Å². The van der Waals surface area contributed by atoms with E-state index in [1.54, 1.807) is 0 Å². The van der Waals surface area contributed by atoms with Crippen LogP contribution < -0.4 is 26.6 Å². The number of nitrogens with two attached hydrogens (primary N) is 1. The van der Waals surface area contributed by atoms with Crippen LogP contribution in [-0.4, -0.2) is 95.8 Å². The molecule has 12 heteroatoms. The molecule has 0 atom stereocenters. The fourth-order valence-electron chi connectivity index (χ4n) is 6.84. The number of nitrogens with zero attached hydrogens (tertiary/aromatic N) is 4. The topological polar surface area (TPSA) is 152 Å². The minimum Gasteiger partial charge on any atom is -0.383 e. The lowest BCUT2D eigenvalue weighted by atomic mass is 9.82. The standard InChI is InChI=1S/C29H53N8O3P/c30-26-18-27(37-14-12-36(13-15-37)16-17-41(38,39)40)35-28(34-26)32-20-24-8-6-23(7-9-24)19-31-21-29(10-11-29)22-33-25-4-2-1-3-5-25/h18,23-25,31,33H,1-17,19-22H2,(H2,38,39,40)(H3,30,32,34,35)/t23-,24-. The SMILES string of the molecule is Nc1cc(N2CCN(CCP(=O)(O)O)CC2)nc(NC[C@H]2CC[C@H](CNCC3(CNC4CCCCC4)CC3)CC2)n1. The summed E-state index contributed by atoms with van der Waals surface area (Å²) in [6.45, 7) is 7.77. The fraction of sp³-hybridized carbons (Fsp3) is 0.862. The lowest BCUT2D eigenvalue weighted by molar-refractivity contribution is 0.263. The van der Waals surface area contributed by atoms with Gasteiger partial charge < -0.3 is 36.4 Å². The van der Waals surface area contributed by atoms with Crippen LogP contribution in [0.4, 0.5) is 17.6 Å². The smallest absolute Gasteiger partial charge is 0.326 e. The van der Waals surface area contributed by atoms with E-state index in [9.17, 15) is 4.57 Å². The molecule has 0 amide bonds. The maximum atomic E-state index is 11.2. The Kier molecular flexibility index (Phi) is 10.8. The molecule has 1 saturated heterocycles. The Bertz CT molecular complexity index is 1000. The normalized spacial score (nSPS) is 25.8. The predicted molar refractivity (Wildman–Crippen MR) is 165 cm³/mol. The van der Waals surface area contributed by atoms with Gasteiger partial charge in [0.2, 0.25) is 5.95 Å². The first-order chi connectivity index (χ1) is 19.8. The van der Waals surface area contributed by atoms with Crippen molar-refractivity contribution in [2.24, 2.45) is 17.3 Å². The molecule has 1 aliphatic heterocycles. The number of hydrogen-bond acceptors (Lipinski definition) is 9. The van der Waals surface area contributed by atoms with Crippen molar-refractivity contribution in [1.82, 2.24) is 25.5 Å². The monoisotopic (exact) mass is 592 g/mol. The van der Waals surface area contributed by atoms with Gasteiger partial charge in [-0.15, -0.1) is 0 Å². The second-order valence-electron chi connectivity index (χ2n) is 13.3. The van der Waals surface area contributed by atoms with Crippen LogP contribution in [0.2, 0.25) is 0 Å². The van der Waals surface area contributed by atoms with Gasteiger partial charge in [-0.2, -0.15) is 9.97 Å². The summed E-state index contributed by atoms with van der Waals surface area (Å²) in [5, 5.41) is 11.2. The lowest BCUT2D eigenvalue weighted by Crippen LogP contribution is -2.47. The number of anilines is 3. The molecule has 5 rings (SSSR count). The molecule has 0 radical (unpaired) electrons. The molecule has 41 heavy (non-hydrogen) atoms. The van der Waals surface area contributed by atoms with Crippen molar-refractivity contribution in [3.63, 3.8) is 0 Å². The zero-order chi connectivity index (χ0) is 28.7. The minimum absolute atomic E-state index is 0.0985. The Morgan fingerprint density at radius 2 is 1.61 bits per heavy atom. The summed E-state index contributed by atoms with van der Waals surface area (Å²) in [7, 11) is -3.96. The van der Waals surface area contributed by atoms with Gasteiger partial charge in [0.25, 0.3) is 0 Å². The van der Waals surface area contributed by atoms with E-state index in [-0.39, 0.29) is 6.16 Å². The molecule has 0 aromatic carbocycles. The average molecular weight is 593 g/mol. The molecule has 3 saturated carbocycles. The molecule has 232 valence electrons. The lowest BCUT2D eigenvalue weighted by Gasteiger charge is -2.35. The summed E-state index contributed by atoms with van der Waals surface area (Å²) in [5.74, 6) is 3.27. The van der Waals surface area contributed by atoms with Crippen molar-refractivity contribution >= 4 is 25.2 Å². The molecule has 7 N–H and O–H groups in total. The molecular weight excluding hydrogens is 539 g/mol. The number of rotatable bonds is 14. The van der Waals surface area contributed by atoms with Crippen molar-refractivity contribution in [2.45, 2.75) is 76.7 Å². The summed E-state index contributed by atoms with van der Waals surface area (Å²) in [6.07, 6.45) is 14.7. The summed E-state index contributed by atoms with van der Waals surface area (Å²) in [4.78, 5) is 31.7. The predicted octanol–water partition coefficient (Wildman–Crippen LogP) is 2.87. The van der Waals surface area contributed by atoms with Gasteiger partial charge in [-0.1, -0.05) is 19.3 Å². The van der Waals surface area contributed by atoms with Crippen LogP contribution in [-0.2, 0) is 4.57 Å². The average Bonchev–Trinajstić information content (AvgIpc) is 3.75. The largest absolute Gasteiger partial charge is 0.383 e. The van der Waals surface area contributed by atoms with Crippen LogP contribution in [0.5, 0.6) is 0 Å². The van der Waals surface area contributed by atoms with E-state index in [1.807, 2.05) is 6.07 Å². The molecular formula is C29H53N8O3P. The Balaban J connectivity index is 0.974. The molecule has 4 aliphatic rings. The molecule has 4 fully saturated rings. The van der Waals surface area contributed by atoms with E-state index in [0.29, 0.717) is 29.6 Å². The molecule has 0 unspecified atom stereocenters. The highest BCUT2D eigenvalue weighted by atomic mass is 31.2. The zero-order valence-corrected chi connectivity index (χ0v) is 25.7. The van der Waals surface area contributed by atoms with Gasteiger partial charge in [-0.3, -0.25) is 9.46 Å². The second-order valence-corrected chi connectivity index (χ2v) is 15.1. The van der Waals surface area contributed by atoms with Crippen molar-refractivity contribution in [3.05, 3.63) is 6.07 Å². The second kappa shape index (κ2) is 14.3. The van der Waals surface area contributed by atoms with Gasteiger partial charge in [0.1, 0.15) is 11.6 Å². The quantitative estimate of drug-likeness (QED) is 0.177.